The van der Waals surface area contributed by atoms with Gasteiger partial charge in [0.25, 0.3) is 5.69 Å². The smallest absolute Gasteiger partial charge is 0.337 e. The summed E-state index contributed by atoms with van der Waals surface area (Å²) in [4.78, 5) is 26.3. The number of nitrogens with zero attached hydrogens (tertiary/aromatic N) is 2. The summed E-state index contributed by atoms with van der Waals surface area (Å²) < 4.78 is 4.70. The van der Waals surface area contributed by atoms with E-state index >= 15 is 0 Å². The van der Waals surface area contributed by atoms with Crippen LogP contribution in [0.2, 0.25) is 0 Å². The van der Waals surface area contributed by atoms with E-state index in [2.05, 4.69) is 10.3 Å². The summed E-state index contributed by atoms with van der Waals surface area (Å²) in [6.07, 6.45) is 0. The lowest BCUT2D eigenvalue weighted by molar-refractivity contribution is -0.384. The highest BCUT2D eigenvalue weighted by atomic mass is 32.1. The van der Waals surface area contributed by atoms with Gasteiger partial charge in [0, 0.05) is 28.8 Å². The van der Waals surface area contributed by atoms with Gasteiger partial charge in [-0.15, -0.1) is 11.3 Å². The second-order valence-corrected chi connectivity index (χ2v) is 5.90. The van der Waals surface area contributed by atoms with E-state index in [1.807, 2.05) is 11.4 Å². The molecule has 0 aliphatic rings. The summed E-state index contributed by atoms with van der Waals surface area (Å²) in [6, 6.07) is 13.1. The molecule has 0 atom stereocenters. The number of benzene rings is 2. The Labute approximate surface area is 147 Å². The molecule has 0 amide bonds. The molecule has 1 N–H and O–H groups in total. The predicted molar refractivity (Wildman–Crippen MR) is 95.3 cm³/mol. The van der Waals surface area contributed by atoms with E-state index in [9.17, 15) is 14.9 Å². The average molecular weight is 355 g/mol. The molecule has 25 heavy (non-hydrogen) atoms. The van der Waals surface area contributed by atoms with Gasteiger partial charge in [0.2, 0.25) is 0 Å². The number of carbonyl (C=O) groups is 1. The molecular weight excluding hydrogens is 342 g/mol. The van der Waals surface area contributed by atoms with E-state index in [-0.39, 0.29) is 5.69 Å². The maximum absolute atomic E-state index is 11.6. The van der Waals surface area contributed by atoms with Crippen LogP contribution >= 0.6 is 11.3 Å². The number of rotatable bonds is 5. The van der Waals surface area contributed by atoms with E-state index in [1.54, 1.807) is 30.3 Å². The average Bonchev–Trinajstić information content (AvgIpc) is 3.09. The van der Waals surface area contributed by atoms with Crippen LogP contribution in [0.3, 0.4) is 0 Å². The number of nitro benzene ring substituents is 1. The SMILES string of the molecule is COC(=O)c1cccc(Nc2nc(-c3ccc([N+](=O)[O-])cc3)cs2)c1. The van der Waals surface area contributed by atoms with Crippen molar-refractivity contribution in [3.05, 3.63) is 69.6 Å². The van der Waals surface area contributed by atoms with Gasteiger partial charge in [-0.2, -0.15) is 0 Å². The van der Waals surface area contributed by atoms with Gasteiger partial charge < -0.3 is 10.1 Å². The number of nitro groups is 1. The minimum atomic E-state index is -0.438. The molecule has 3 rings (SSSR count). The fourth-order valence-electron chi connectivity index (χ4n) is 2.18. The van der Waals surface area contributed by atoms with Crippen LogP contribution in [0.15, 0.2) is 53.9 Å². The van der Waals surface area contributed by atoms with E-state index in [0.29, 0.717) is 22.1 Å². The molecule has 1 aromatic heterocycles. The number of esters is 1. The van der Waals surface area contributed by atoms with Crippen LogP contribution < -0.4 is 5.32 Å². The lowest BCUT2D eigenvalue weighted by Gasteiger charge is -2.04. The number of aromatic nitrogens is 1. The number of ether oxygens (including phenoxy) is 1. The van der Waals surface area contributed by atoms with E-state index in [0.717, 1.165) is 5.56 Å². The Kier molecular flexibility index (Phi) is 4.71. The van der Waals surface area contributed by atoms with E-state index < -0.39 is 10.9 Å². The van der Waals surface area contributed by atoms with Crippen LogP contribution in [-0.2, 0) is 4.74 Å². The molecule has 0 spiro atoms. The molecular formula is C17H13N3O4S. The fraction of sp³-hybridized carbons (Fsp3) is 0.0588. The number of carbonyl (C=O) groups excluding carboxylic acids is 1. The molecule has 0 radical (unpaired) electrons. The van der Waals surface area contributed by atoms with Crippen LogP contribution in [0.5, 0.6) is 0 Å². The first-order chi connectivity index (χ1) is 12.1. The maximum Gasteiger partial charge on any atom is 0.337 e. The van der Waals surface area contributed by atoms with Gasteiger partial charge in [0.1, 0.15) is 0 Å². The standard InChI is InChI=1S/C17H13N3O4S/c1-24-16(21)12-3-2-4-13(9-12)18-17-19-15(10-25-17)11-5-7-14(8-6-11)20(22)23/h2-10H,1H3,(H,18,19). The van der Waals surface area contributed by atoms with Crippen molar-refractivity contribution >= 4 is 33.8 Å². The second kappa shape index (κ2) is 7.10. The lowest BCUT2D eigenvalue weighted by atomic mass is 10.1. The first-order valence-corrected chi connectivity index (χ1v) is 8.10. The third kappa shape index (κ3) is 3.81. The fourth-order valence-corrected chi connectivity index (χ4v) is 2.92. The topological polar surface area (TPSA) is 94.4 Å². The van der Waals surface area contributed by atoms with Crippen LogP contribution in [-0.4, -0.2) is 23.0 Å². The molecule has 0 aliphatic carbocycles. The highest BCUT2D eigenvalue weighted by Crippen LogP contribution is 2.28. The minimum absolute atomic E-state index is 0.0388. The van der Waals surface area contributed by atoms with Crippen molar-refractivity contribution in [2.24, 2.45) is 0 Å². The first kappa shape index (κ1) is 16.6. The van der Waals surface area contributed by atoms with Gasteiger partial charge in [-0.1, -0.05) is 6.07 Å². The van der Waals surface area contributed by atoms with Gasteiger partial charge in [-0.05, 0) is 30.3 Å². The largest absolute Gasteiger partial charge is 0.465 e. The number of methoxy groups -OCH3 is 1. The van der Waals surface area contributed by atoms with Crippen molar-refractivity contribution < 1.29 is 14.5 Å². The molecule has 0 saturated carbocycles. The summed E-state index contributed by atoms with van der Waals surface area (Å²) in [7, 11) is 1.33. The van der Waals surface area contributed by atoms with Gasteiger partial charge in [0.15, 0.2) is 5.13 Å². The molecule has 0 aliphatic heterocycles. The Morgan fingerprint density at radius 3 is 2.68 bits per heavy atom. The molecule has 0 saturated heterocycles. The maximum atomic E-state index is 11.6. The number of hydrogen-bond donors (Lipinski definition) is 1. The summed E-state index contributed by atoms with van der Waals surface area (Å²) in [5.74, 6) is -0.408. The molecule has 126 valence electrons. The third-order valence-corrected chi connectivity index (χ3v) is 4.17. The van der Waals surface area contributed by atoms with Crippen molar-refractivity contribution in [1.82, 2.24) is 4.98 Å². The van der Waals surface area contributed by atoms with Crippen molar-refractivity contribution in [1.29, 1.82) is 0 Å². The number of thiazole rings is 1. The van der Waals surface area contributed by atoms with Crippen molar-refractivity contribution in [3.63, 3.8) is 0 Å². The molecule has 0 bridgehead atoms. The van der Waals surface area contributed by atoms with Crippen LogP contribution in [0.25, 0.3) is 11.3 Å². The van der Waals surface area contributed by atoms with E-state index in [1.165, 1.54) is 30.6 Å². The summed E-state index contributed by atoms with van der Waals surface area (Å²) in [5.41, 5.74) is 2.70. The predicted octanol–water partition coefficient (Wildman–Crippen LogP) is 4.25. The van der Waals surface area contributed by atoms with E-state index in [4.69, 9.17) is 4.74 Å². The normalized spacial score (nSPS) is 10.3. The molecule has 7 nitrogen and oxygen atoms in total. The zero-order valence-electron chi connectivity index (χ0n) is 13.1. The molecule has 2 aromatic carbocycles. The quantitative estimate of drug-likeness (QED) is 0.418. The lowest BCUT2D eigenvalue weighted by Crippen LogP contribution is -2.01. The Balaban J connectivity index is 1.78. The Bertz CT molecular complexity index is 922. The molecule has 0 fully saturated rings. The number of nitrogens with one attached hydrogen (secondary N) is 1. The van der Waals surface area contributed by atoms with Crippen molar-refractivity contribution in [2.45, 2.75) is 0 Å². The Morgan fingerprint density at radius 1 is 1.24 bits per heavy atom. The van der Waals surface area contributed by atoms with Crippen LogP contribution in [0, 0.1) is 10.1 Å². The molecule has 1 heterocycles. The second-order valence-electron chi connectivity index (χ2n) is 5.04. The summed E-state index contributed by atoms with van der Waals surface area (Å²) >= 11 is 1.40. The Hall–Kier alpha value is -3.26. The van der Waals surface area contributed by atoms with Gasteiger partial charge >= 0.3 is 5.97 Å². The third-order valence-electron chi connectivity index (χ3n) is 3.41. The number of hydrogen-bond acceptors (Lipinski definition) is 7. The van der Waals surface area contributed by atoms with Gasteiger partial charge in [-0.3, -0.25) is 10.1 Å². The minimum Gasteiger partial charge on any atom is -0.465 e. The first-order valence-electron chi connectivity index (χ1n) is 7.22. The zero-order chi connectivity index (χ0) is 17.8. The number of anilines is 2. The van der Waals surface area contributed by atoms with Gasteiger partial charge in [0.05, 0.1) is 23.3 Å². The van der Waals surface area contributed by atoms with Gasteiger partial charge in [-0.25, -0.2) is 9.78 Å². The van der Waals surface area contributed by atoms with Crippen molar-refractivity contribution in [3.8, 4) is 11.3 Å². The highest BCUT2D eigenvalue weighted by Gasteiger charge is 2.10. The molecule has 0 unspecified atom stereocenters. The highest BCUT2D eigenvalue weighted by molar-refractivity contribution is 7.14. The van der Waals surface area contributed by atoms with Crippen LogP contribution in [0.4, 0.5) is 16.5 Å². The molecule has 8 heteroatoms. The summed E-state index contributed by atoms with van der Waals surface area (Å²) in [5, 5.41) is 16.3. The summed E-state index contributed by atoms with van der Waals surface area (Å²) in [6.45, 7) is 0. The molecule has 3 aromatic rings. The number of non-ortho nitro benzene ring substituents is 1. The Morgan fingerprint density at radius 2 is 2.00 bits per heavy atom. The van der Waals surface area contributed by atoms with Crippen molar-refractivity contribution in [2.75, 3.05) is 12.4 Å². The zero-order valence-corrected chi connectivity index (χ0v) is 13.9. The van der Waals surface area contributed by atoms with Crippen LogP contribution in [0.1, 0.15) is 10.4 Å². The monoisotopic (exact) mass is 355 g/mol.